The van der Waals surface area contributed by atoms with Crippen LogP contribution in [0.4, 0.5) is 11.5 Å². The molecule has 36 heavy (non-hydrogen) atoms. The highest BCUT2D eigenvalue weighted by Gasteiger charge is 2.32. The third-order valence-corrected chi connectivity index (χ3v) is 7.43. The molecule has 2 saturated heterocycles. The molecule has 5 rings (SSSR count). The molecule has 12 heteroatoms. The number of anilines is 2. The highest BCUT2D eigenvalue weighted by atomic mass is 35.5. The molecule has 0 spiro atoms. The van der Waals surface area contributed by atoms with E-state index in [1.807, 2.05) is 19.2 Å². The zero-order valence-electron chi connectivity index (χ0n) is 20.4. The van der Waals surface area contributed by atoms with Gasteiger partial charge in [-0.3, -0.25) is 14.5 Å². The van der Waals surface area contributed by atoms with E-state index in [0.717, 1.165) is 74.2 Å². The molecule has 1 aromatic carbocycles. The van der Waals surface area contributed by atoms with E-state index in [1.54, 1.807) is 15.5 Å². The maximum absolute atomic E-state index is 13.7. The summed E-state index contributed by atoms with van der Waals surface area (Å²) in [6.45, 7) is 4.39. The topological polar surface area (TPSA) is 112 Å². The van der Waals surface area contributed by atoms with Crippen molar-refractivity contribution in [2.75, 3.05) is 35.6 Å². The van der Waals surface area contributed by atoms with Gasteiger partial charge in [0.05, 0.1) is 29.2 Å². The summed E-state index contributed by atoms with van der Waals surface area (Å²) in [5, 5.41) is 7.25. The highest BCUT2D eigenvalue weighted by Crippen LogP contribution is 2.34. The summed E-state index contributed by atoms with van der Waals surface area (Å²) in [6, 6.07) is 6.27. The van der Waals surface area contributed by atoms with Crippen LogP contribution in [0.1, 0.15) is 59.8 Å². The van der Waals surface area contributed by atoms with Gasteiger partial charge in [-0.05, 0) is 57.2 Å². The Kier molecular flexibility index (Phi) is 6.80. The standard InChI is InChI=1S/C24H30ClN7O3S/c1-16-15-32-22(27-23(16)31-12-6-4-10-26-31)14-20(28-32)21-7-3-5-11-30(21)24(33)18-13-17(25)8-9-19(18)29-36(2,34)35/h8-9,13-15,21,26,29H,3-7,10-12H2,1-2H3/t21-/m0/s1. The Morgan fingerprint density at radius 2 is 1.97 bits per heavy atom. The van der Waals surface area contributed by atoms with E-state index in [2.05, 4.69) is 15.2 Å². The minimum absolute atomic E-state index is 0.210. The van der Waals surface area contributed by atoms with Gasteiger partial charge >= 0.3 is 0 Å². The molecule has 2 aliphatic rings. The van der Waals surface area contributed by atoms with E-state index in [-0.39, 0.29) is 23.2 Å². The van der Waals surface area contributed by atoms with Crippen LogP contribution >= 0.6 is 11.6 Å². The molecule has 2 aliphatic heterocycles. The van der Waals surface area contributed by atoms with Crippen LogP contribution < -0.4 is 15.2 Å². The van der Waals surface area contributed by atoms with Gasteiger partial charge in [0.1, 0.15) is 5.82 Å². The van der Waals surface area contributed by atoms with Crippen molar-refractivity contribution in [3.63, 3.8) is 0 Å². The minimum atomic E-state index is -3.57. The van der Waals surface area contributed by atoms with Crippen LogP contribution in [0.2, 0.25) is 5.02 Å². The lowest BCUT2D eigenvalue weighted by Crippen LogP contribution is -2.44. The van der Waals surface area contributed by atoms with Gasteiger partial charge in [-0.15, -0.1) is 0 Å². The number of nitrogens with one attached hydrogen (secondary N) is 2. The lowest BCUT2D eigenvalue weighted by Gasteiger charge is -2.35. The highest BCUT2D eigenvalue weighted by molar-refractivity contribution is 7.92. The Labute approximate surface area is 215 Å². The number of hydrazine groups is 1. The fourth-order valence-electron chi connectivity index (χ4n) is 4.94. The van der Waals surface area contributed by atoms with Crippen molar-refractivity contribution in [3.8, 4) is 0 Å². The predicted octanol–water partition coefficient (Wildman–Crippen LogP) is 3.53. The molecule has 0 radical (unpaired) electrons. The number of benzene rings is 1. The van der Waals surface area contributed by atoms with Crippen LogP contribution in [-0.4, -0.2) is 59.7 Å². The molecule has 2 aromatic heterocycles. The SMILES string of the molecule is Cc1cn2nc([C@@H]3CCCCN3C(=O)c3cc(Cl)ccc3NS(C)(=O)=O)cc2nc1N1CCCCN1. The number of carbonyl (C=O) groups excluding carboxylic acids is 1. The van der Waals surface area contributed by atoms with Crippen LogP contribution in [-0.2, 0) is 10.0 Å². The van der Waals surface area contributed by atoms with E-state index in [4.69, 9.17) is 21.7 Å². The van der Waals surface area contributed by atoms with Crippen molar-refractivity contribution in [1.29, 1.82) is 0 Å². The van der Waals surface area contributed by atoms with Gasteiger partial charge in [0.25, 0.3) is 5.91 Å². The largest absolute Gasteiger partial charge is 0.330 e. The van der Waals surface area contributed by atoms with Crippen molar-refractivity contribution in [2.24, 2.45) is 0 Å². The maximum atomic E-state index is 13.7. The van der Waals surface area contributed by atoms with Gasteiger partial charge in [0.2, 0.25) is 10.0 Å². The van der Waals surface area contributed by atoms with E-state index in [1.165, 1.54) is 12.1 Å². The number of nitrogens with zero attached hydrogens (tertiary/aromatic N) is 5. The van der Waals surface area contributed by atoms with Crippen molar-refractivity contribution < 1.29 is 13.2 Å². The summed E-state index contributed by atoms with van der Waals surface area (Å²) in [6.07, 6.45) is 7.85. The van der Waals surface area contributed by atoms with E-state index in [0.29, 0.717) is 11.6 Å². The third-order valence-electron chi connectivity index (χ3n) is 6.60. The summed E-state index contributed by atoms with van der Waals surface area (Å²) in [5.74, 6) is 0.605. The van der Waals surface area contributed by atoms with Crippen molar-refractivity contribution >= 4 is 44.7 Å². The Morgan fingerprint density at radius 3 is 2.72 bits per heavy atom. The molecule has 3 aromatic rings. The number of hydrogen-bond acceptors (Lipinski definition) is 7. The first-order valence-electron chi connectivity index (χ1n) is 12.2. The second kappa shape index (κ2) is 9.87. The van der Waals surface area contributed by atoms with Gasteiger partial charge in [0.15, 0.2) is 5.65 Å². The van der Waals surface area contributed by atoms with Crippen molar-refractivity contribution in [3.05, 3.63) is 52.3 Å². The average molecular weight is 532 g/mol. The van der Waals surface area contributed by atoms with Crippen LogP contribution in [0.3, 0.4) is 0 Å². The Hall–Kier alpha value is -2.89. The zero-order chi connectivity index (χ0) is 25.4. The molecule has 1 amide bonds. The predicted molar refractivity (Wildman–Crippen MR) is 140 cm³/mol. The fraction of sp³-hybridized carbons (Fsp3) is 0.458. The van der Waals surface area contributed by atoms with Crippen LogP contribution in [0.25, 0.3) is 5.65 Å². The number of piperidine rings is 1. The molecule has 4 heterocycles. The molecule has 0 bridgehead atoms. The third kappa shape index (κ3) is 5.14. The van der Waals surface area contributed by atoms with Gasteiger partial charge in [-0.1, -0.05) is 11.6 Å². The number of fused-ring (bicyclic) bond motifs is 1. The summed E-state index contributed by atoms with van der Waals surface area (Å²) >= 11 is 6.19. The average Bonchev–Trinajstić information content (AvgIpc) is 3.26. The molecular formula is C24H30ClN7O3S. The van der Waals surface area contributed by atoms with Gasteiger partial charge in [0, 0.05) is 42.5 Å². The lowest BCUT2D eigenvalue weighted by molar-refractivity contribution is 0.0607. The summed E-state index contributed by atoms with van der Waals surface area (Å²) in [5.41, 5.74) is 6.33. The van der Waals surface area contributed by atoms with E-state index >= 15 is 0 Å². The zero-order valence-corrected chi connectivity index (χ0v) is 21.9. The summed E-state index contributed by atoms with van der Waals surface area (Å²) in [7, 11) is -3.57. The van der Waals surface area contributed by atoms with Crippen LogP contribution in [0.15, 0.2) is 30.5 Å². The Bertz CT molecular complexity index is 1400. The maximum Gasteiger partial charge on any atom is 0.256 e. The fourth-order valence-corrected chi connectivity index (χ4v) is 5.69. The Balaban J connectivity index is 1.49. The molecule has 1 atom stereocenters. The number of aromatic nitrogens is 3. The van der Waals surface area contributed by atoms with E-state index < -0.39 is 10.0 Å². The monoisotopic (exact) mass is 531 g/mol. The number of hydrogen-bond donors (Lipinski definition) is 2. The van der Waals surface area contributed by atoms with Crippen molar-refractivity contribution in [2.45, 2.75) is 45.1 Å². The normalized spacial score (nSPS) is 19.0. The number of likely N-dealkylation sites (tertiary alicyclic amines) is 1. The molecule has 10 nitrogen and oxygen atoms in total. The molecule has 0 aliphatic carbocycles. The van der Waals surface area contributed by atoms with Crippen LogP contribution in [0.5, 0.6) is 0 Å². The number of rotatable bonds is 5. The quantitative estimate of drug-likeness (QED) is 0.518. The first-order chi connectivity index (χ1) is 17.2. The van der Waals surface area contributed by atoms with Gasteiger partial charge in [-0.2, -0.15) is 5.10 Å². The molecule has 0 unspecified atom stereocenters. The van der Waals surface area contributed by atoms with Gasteiger partial charge < -0.3 is 4.90 Å². The van der Waals surface area contributed by atoms with Gasteiger partial charge in [-0.25, -0.2) is 23.3 Å². The summed E-state index contributed by atoms with van der Waals surface area (Å²) in [4.78, 5) is 20.4. The number of sulfonamides is 1. The number of carbonyl (C=O) groups is 1. The first-order valence-corrected chi connectivity index (χ1v) is 14.4. The second-order valence-corrected chi connectivity index (χ2v) is 11.6. The number of aryl methyl sites for hydroxylation is 1. The first kappa shape index (κ1) is 24.8. The van der Waals surface area contributed by atoms with Crippen LogP contribution in [0, 0.1) is 6.92 Å². The smallest absolute Gasteiger partial charge is 0.256 e. The lowest BCUT2D eigenvalue weighted by atomic mass is 9.98. The number of amides is 1. The molecule has 0 saturated carbocycles. The minimum Gasteiger partial charge on any atom is -0.330 e. The molecule has 2 N–H and O–H groups in total. The van der Waals surface area contributed by atoms with Crippen molar-refractivity contribution in [1.82, 2.24) is 24.9 Å². The summed E-state index contributed by atoms with van der Waals surface area (Å²) < 4.78 is 28.0. The van der Waals surface area contributed by atoms with E-state index in [9.17, 15) is 13.2 Å². The molecular weight excluding hydrogens is 502 g/mol. The molecule has 192 valence electrons. The Morgan fingerprint density at radius 1 is 1.17 bits per heavy atom. The number of halogens is 1. The molecule has 2 fully saturated rings. The second-order valence-electron chi connectivity index (χ2n) is 9.46.